The van der Waals surface area contributed by atoms with Crippen LogP contribution in [0.15, 0.2) is 29.2 Å². The van der Waals surface area contributed by atoms with Crippen LogP contribution in [-0.2, 0) is 14.8 Å². The van der Waals surface area contributed by atoms with Gasteiger partial charge < -0.3 is 10.1 Å². The normalized spacial score (nSPS) is 12.3. The number of esters is 1. The number of benzene rings is 1. The number of rotatable bonds is 6. The second-order valence-electron chi connectivity index (χ2n) is 4.06. The molecular weight excluding hydrogens is 304 g/mol. The Morgan fingerprint density at radius 3 is 2.60 bits per heavy atom. The molecule has 1 atom stereocenters. The van der Waals surface area contributed by atoms with Crippen LogP contribution in [0.5, 0.6) is 0 Å². The monoisotopic (exact) mass is 322 g/mol. The van der Waals surface area contributed by atoms with Crippen LogP contribution in [-0.4, -0.2) is 41.1 Å². The molecular formula is C12H19ClN2O4S. The zero-order valence-corrected chi connectivity index (χ0v) is 13.2. The summed E-state index contributed by atoms with van der Waals surface area (Å²) in [7, 11) is -0.634. The highest BCUT2D eigenvalue weighted by Gasteiger charge is 2.16. The van der Waals surface area contributed by atoms with Crippen molar-refractivity contribution in [1.82, 2.24) is 10.0 Å². The van der Waals surface area contributed by atoms with Crippen LogP contribution in [0.1, 0.15) is 17.3 Å². The summed E-state index contributed by atoms with van der Waals surface area (Å²) in [6, 6.07) is 5.74. The average Bonchev–Trinajstić information content (AvgIpc) is 2.44. The summed E-state index contributed by atoms with van der Waals surface area (Å²) in [5.74, 6) is -0.569. The fraction of sp³-hybridized carbons (Fsp3) is 0.417. The molecule has 0 aliphatic rings. The van der Waals surface area contributed by atoms with Crippen molar-refractivity contribution in [2.75, 3.05) is 20.7 Å². The molecule has 0 saturated heterocycles. The maximum absolute atomic E-state index is 12.0. The van der Waals surface area contributed by atoms with Crippen LogP contribution < -0.4 is 10.0 Å². The van der Waals surface area contributed by atoms with Gasteiger partial charge in [0, 0.05) is 12.6 Å². The number of likely N-dealkylation sites (N-methyl/N-ethyl adjacent to an activating group) is 1. The molecule has 2 N–H and O–H groups in total. The predicted octanol–water partition coefficient (Wildman–Crippen LogP) is 0.781. The Hall–Kier alpha value is -1.15. The van der Waals surface area contributed by atoms with E-state index < -0.39 is 16.0 Å². The van der Waals surface area contributed by atoms with Gasteiger partial charge in [0.05, 0.1) is 17.6 Å². The summed E-state index contributed by atoms with van der Waals surface area (Å²) in [6.07, 6.45) is 0. The molecule has 0 saturated carbocycles. The molecule has 8 heteroatoms. The largest absolute Gasteiger partial charge is 0.465 e. The Labute approximate surface area is 125 Å². The smallest absolute Gasteiger partial charge is 0.337 e. The first-order chi connectivity index (χ1) is 8.90. The number of hydrogen-bond acceptors (Lipinski definition) is 5. The van der Waals surface area contributed by atoms with Crippen LogP contribution in [0.3, 0.4) is 0 Å². The molecule has 0 bridgehead atoms. The standard InChI is InChI=1S/C12H18N2O4S.ClH/c1-9(13-2)8-14-19(16,17)11-6-4-5-10(7-11)12(15)18-3;/h4-7,9,13-14H,8H2,1-3H3;1H. The summed E-state index contributed by atoms with van der Waals surface area (Å²) in [6.45, 7) is 2.12. The molecule has 1 rings (SSSR count). The molecule has 0 heterocycles. The van der Waals surface area contributed by atoms with Crippen LogP contribution in [0.25, 0.3) is 0 Å². The number of carbonyl (C=O) groups is 1. The summed E-state index contributed by atoms with van der Waals surface area (Å²) in [5, 5.41) is 2.93. The van der Waals surface area contributed by atoms with E-state index in [2.05, 4.69) is 14.8 Å². The van der Waals surface area contributed by atoms with Crippen molar-refractivity contribution in [3.8, 4) is 0 Å². The molecule has 1 aromatic rings. The van der Waals surface area contributed by atoms with Gasteiger partial charge in [-0.05, 0) is 32.2 Å². The van der Waals surface area contributed by atoms with Crippen LogP contribution in [0.2, 0.25) is 0 Å². The summed E-state index contributed by atoms with van der Waals surface area (Å²) >= 11 is 0. The van der Waals surface area contributed by atoms with E-state index in [9.17, 15) is 13.2 Å². The highest BCUT2D eigenvalue weighted by Crippen LogP contribution is 2.12. The van der Waals surface area contributed by atoms with Gasteiger partial charge in [-0.25, -0.2) is 17.9 Å². The zero-order valence-electron chi connectivity index (χ0n) is 11.5. The molecule has 1 aromatic carbocycles. The van der Waals surface area contributed by atoms with E-state index in [-0.39, 0.29) is 35.5 Å². The second kappa shape index (κ2) is 8.21. The minimum atomic E-state index is -3.63. The maximum Gasteiger partial charge on any atom is 0.337 e. The lowest BCUT2D eigenvalue weighted by Gasteiger charge is -2.12. The van der Waals surface area contributed by atoms with Gasteiger partial charge in [-0.1, -0.05) is 6.07 Å². The van der Waals surface area contributed by atoms with E-state index in [0.29, 0.717) is 0 Å². The lowest BCUT2D eigenvalue weighted by Crippen LogP contribution is -2.37. The predicted molar refractivity (Wildman–Crippen MR) is 78.7 cm³/mol. The van der Waals surface area contributed by atoms with E-state index in [1.165, 1.54) is 31.4 Å². The number of carbonyl (C=O) groups excluding carboxylic acids is 1. The summed E-state index contributed by atoms with van der Waals surface area (Å²) < 4.78 is 31.1. The van der Waals surface area contributed by atoms with Gasteiger partial charge in [0.1, 0.15) is 0 Å². The zero-order chi connectivity index (χ0) is 14.5. The van der Waals surface area contributed by atoms with Gasteiger partial charge in [-0.15, -0.1) is 12.4 Å². The first-order valence-corrected chi connectivity index (χ1v) is 7.24. The molecule has 0 aliphatic carbocycles. The van der Waals surface area contributed by atoms with E-state index in [0.717, 1.165) is 0 Å². The second-order valence-corrected chi connectivity index (χ2v) is 5.83. The van der Waals surface area contributed by atoms with Gasteiger partial charge in [0.15, 0.2) is 0 Å². The average molecular weight is 323 g/mol. The minimum absolute atomic E-state index is 0. The number of methoxy groups -OCH3 is 1. The first-order valence-electron chi connectivity index (χ1n) is 5.76. The molecule has 0 amide bonds. The third-order valence-electron chi connectivity index (χ3n) is 2.64. The van der Waals surface area contributed by atoms with Gasteiger partial charge in [0.25, 0.3) is 0 Å². The lowest BCUT2D eigenvalue weighted by molar-refractivity contribution is 0.0600. The Morgan fingerprint density at radius 2 is 2.05 bits per heavy atom. The van der Waals surface area contributed by atoms with E-state index in [1.807, 2.05) is 6.92 Å². The summed E-state index contributed by atoms with van der Waals surface area (Å²) in [5.41, 5.74) is 0.201. The van der Waals surface area contributed by atoms with Gasteiger partial charge >= 0.3 is 5.97 Å². The van der Waals surface area contributed by atoms with Crippen molar-refractivity contribution in [3.05, 3.63) is 29.8 Å². The number of ether oxygens (including phenoxy) is 1. The highest BCUT2D eigenvalue weighted by molar-refractivity contribution is 7.89. The highest BCUT2D eigenvalue weighted by atomic mass is 35.5. The molecule has 0 aliphatic heterocycles. The summed E-state index contributed by atoms with van der Waals surface area (Å²) in [4.78, 5) is 11.4. The van der Waals surface area contributed by atoms with Crippen molar-refractivity contribution in [3.63, 3.8) is 0 Å². The van der Waals surface area contributed by atoms with Crippen molar-refractivity contribution in [1.29, 1.82) is 0 Å². The van der Waals surface area contributed by atoms with E-state index >= 15 is 0 Å². The van der Waals surface area contributed by atoms with Gasteiger partial charge in [-0.3, -0.25) is 0 Å². The number of nitrogens with one attached hydrogen (secondary N) is 2. The lowest BCUT2D eigenvalue weighted by atomic mass is 10.2. The van der Waals surface area contributed by atoms with E-state index in [1.54, 1.807) is 7.05 Å². The SMILES string of the molecule is CNC(C)CNS(=O)(=O)c1cccc(C(=O)OC)c1.Cl. The molecule has 114 valence electrons. The molecule has 0 spiro atoms. The van der Waals surface area contributed by atoms with E-state index in [4.69, 9.17) is 0 Å². The maximum atomic E-state index is 12.0. The Bertz CT molecular complexity index is 548. The molecule has 0 aromatic heterocycles. The van der Waals surface area contributed by atoms with Crippen LogP contribution >= 0.6 is 12.4 Å². The Kier molecular flexibility index (Phi) is 7.74. The topological polar surface area (TPSA) is 84.5 Å². The quantitative estimate of drug-likeness (QED) is 0.756. The van der Waals surface area contributed by atoms with Crippen LogP contribution in [0.4, 0.5) is 0 Å². The number of halogens is 1. The van der Waals surface area contributed by atoms with Crippen molar-refractivity contribution in [2.24, 2.45) is 0 Å². The molecule has 20 heavy (non-hydrogen) atoms. The molecule has 6 nitrogen and oxygen atoms in total. The Morgan fingerprint density at radius 1 is 1.40 bits per heavy atom. The third kappa shape index (κ3) is 5.09. The molecule has 0 fully saturated rings. The number of sulfonamides is 1. The fourth-order valence-electron chi connectivity index (χ4n) is 1.33. The molecule has 0 radical (unpaired) electrons. The van der Waals surface area contributed by atoms with Crippen LogP contribution in [0, 0.1) is 0 Å². The number of hydrogen-bond donors (Lipinski definition) is 2. The van der Waals surface area contributed by atoms with Crippen molar-refractivity contribution < 1.29 is 17.9 Å². The Balaban J connectivity index is 0.00000361. The van der Waals surface area contributed by atoms with Crippen molar-refractivity contribution in [2.45, 2.75) is 17.9 Å². The van der Waals surface area contributed by atoms with Gasteiger partial charge in [-0.2, -0.15) is 0 Å². The minimum Gasteiger partial charge on any atom is -0.465 e. The third-order valence-corrected chi connectivity index (χ3v) is 4.06. The molecule has 1 unspecified atom stereocenters. The fourth-order valence-corrected chi connectivity index (χ4v) is 2.50. The van der Waals surface area contributed by atoms with Crippen molar-refractivity contribution >= 4 is 28.4 Å². The first kappa shape index (κ1) is 18.9. The van der Waals surface area contributed by atoms with Gasteiger partial charge in [0.2, 0.25) is 10.0 Å².